The smallest absolute Gasteiger partial charge is 0.270 e. The fourth-order valence-corrected chi connectivity index (χ4v) is 1.68. The number of nitrogens with zero attached hydrogens (tertiary/aromatic N) is 2. The molecule has 0 saturated heterocycles. The maximum Gasteiger partial charge on any atom is 0.270 e. The van der Waals surface area contributed by atoms with E-state index in [2.05, 4.69) is 15.3 Å². The van der Waals surface area contributed by atoms with Gasteiger partial charge in [0.15, 0.2) is 0 Å². The maximum atomic E-state index is 12.0. The van der Waals surface area contributed by atoms with Crippen LogP contribution in [0.5, 0.6) is 0 Å². The van der Waals surface area contributed by atoms with Gasteiger partial charge in [0, 0.05) is 6.20 Å². The van der Waals surface area contributed by atoms with E-state index < -0.39 is 0 Å². The van der Waals surface area contributed by atoms with Gasteiger partial charge in [-0.05, 0) is 25.5 Å². The number of hydrogen-bond donors (Lipinski definition) is 1. The molecule has 0 saturated carbocycles. The zero-order valence-electron chi connectivity index (χ0n) is 10.4. The molecule has 0 radical (unpaired) electrons. The first-order valence-corrected chi connectivity index (χ1v) is 5.82. The largest absolute Gasteiger partial charge is 0.344 e. The van der Waals surface area contributed by atoms with Gasteiger partial charge in [-0.25, -0.2) is 9.97 Å². The van der Waals surface area contributed by atoms with Crippen molar-refractivity contribution in [2.45, 2.75) is 19.9 Å². The highest BCUT2D eigenvalue weighted by atomic mass is 16.1. The molecule has 0 fully saturated rings. The molecule has 1 heterocycles. The number of nitrogens with one attached hydrogen (secondary N) is 1. The second-order valence-corrected chi connectivity index (χ2v) is 4.09. The molecule has 0 aliphatic carbocycles. The molecular formula is C14H15N3O. The molecule has 1 unspecified atom stereocenters. The lowest BCUT2D eigenvalue weighted by Gasteiger charge is -2.13. The minimum absolute atomic E-state index is 0.0472. The number of aryl methyl sites for hydroxylation is 1. The molecule has 1 N–H and O–H groups in total. The molecule has 2 aromatic rings. The van der Waals surface area contributed by atoms with Crippen LogP contribution in [0.15, 0.2) is 42.6 Å². The summed E-state index contributed by atoms with van der Waals surface area (Å²) < 4.78 is 0. The van der Waals surface area contributed by atoms with E-state index in [0.29, 0.717) is 11.5 Å². The van der Waals surface area contributed by atoms with Gasteiger partial charge in [0.1, 0.15) is 11.5 Å². The van der Waals surface area contributed by atoms with E-state index in [1.807, 2.05) is 37.3 Å². The van der Waals surface area contributed by atoms with Crippen LogP contribution < -0.4 is 5.32 Å². The first-order chi connectivity index (χ1) is 8.66. The topological polar surface area (TPSA) is 54.9 Å². The van der Waals surface area contributed by atoms with E-state index in [1.54, 1.807) is 19.2 Å². The Bertz CT molecular complexity index is 540. The van der Waals surface area contributed by atoms with Crippen molar-refractivity contribution in [2.24, 2.45) is 0 Å². The van der Waals surface area contributed by atoms with Crippen molar-refractivity contribution in [3.8, 4) is 0 Å². The lowest BCUT2D eigenvalue weighted by Crippen LogP contribution is -2.27. The molecule has 18 heavy (non-hydrogen) atoms. The van der Waals surface area contributed by atoms with Crippen molar-refractivity contribution in [3.63, 3.8) is 0 Å². The van der Waals surface area contributed by atoms with E-state index in [-0.39, 0.29) is 11.9 Å². The number of carbonyl (C=O) groups is 1. The Morgan fingerprint density at radius 3 is 2.61 bits per heavy atom. The molecular weight excluding hydrogens is 226 g/mol. The summed E-state index contributed by atoms with van der Waals surface area (Å²) in [7, 11) is 0. The monoisotopic (exact) mass is 241 g/mol. The Morgan fingerprint density at radius 1 is 1.22 bits per heavy atom. The third kappa shape index (κ3) is 2.91. The summed E-state index contributed by atoms with van der Waals surface area (Å²) in [6.07, 6.45) is 1.59. The van der Waals surface area contributed by atoms with Crippen molar-refractivity contribution in [2.75, 3.05) is 0 Å². The molecule has 4 nitrogen and oxygen atoms in total. The van der Waals surface area contributed by atoms with Crippen molar-refractivity contribution in [1.29, 1.82) is 0 Å². The summed E-state index contributed by atoms with van der Waals surface area (Å²) in [6, 6.07) is 11.4. The minimum Gasteiger partial charge on any atom is -0.344 e. The Balaban J connectivity index is 2.08. The fourth-order valence-electron chi connectivity index (χ4n) is 1.68. The van der Waals surface area contributed by atoms with Gasteiger partial charge in [0.05, 0.1) is 6.04 Å². The fraction of sp³-hybridized carbons (Fsp3) is 0.214. The quantitative estimate of drug-likeness (QED) is 0.896. The van der Waals surface area contributed by atoms with E-state index >= 15 is 0 Å². The van der Waals surface area contributed by atoms with Crippen LogP contribution >= 0.6 is 0 Å². The van der Waals surface area contributed by atoms with Crippen LogP contribution in [-0.4, -0.2) is 15.9 Å². The van der Waals surface area contributed by atoms with Crippen molar-refractivity contribution < 1.29 is 4.79 Å². The van der Waals surface area contributed by atoms with Crippen LogP contribution in [0.4, 0.5) is 0 Å². The molecule has 2 rings (SSSR count). The Kier molecular flexibility index (Phi) is 3.67. The molecule has 0 bridgehead atoms. The van der Waals surface area contributed by atoms with Gasteiger partial charge in [-0.15, -0.1) is 0 Å². The average molecular weight is 241 g/mol. The predicted octanol–water partition coefficient (Wildman–Crippen LogP) is 2.28. The van der Waals surface area contributed by atoms with Crippen LogP contribution in [0.25, 0.3) is 0 Å². The highest BCUT2D eigenvalue weighted by Gasteiger charge is 2.12. The van der Waals surface area contributed by atoms with Crippen molar-refractivity contribution >= 4 is 5.91 Å². The van der Waals surface area contributed by atoms with E-state index in [4.69, 9.17) is 0 Å². The molecule has 1 aromatic carbocycles. The summed E-state index contributed by atoms with van der Waals surface area (Å²) in [5.41, 5.74) is 1.46. The number of aromatic nitrogens is 2. The highest BCUT2D eigenvalue weighted by Crippen LogP contribution is 2.11. The molecule has 1 aromatic heterocycles. The van der Waals surface area contributed by atoms with Gasteiger partial charge in [-0.1, -0.05) is 30.3 Å². The van der Waals surface area contributed by atoms with Gasteiger partial charge in [-0.2, -0.15) is 0 Å². The Morgan fingerprint density at radius 2 is 1.94 bits per heavy atom. The Labute approximate surface area is 106 Å². The first kappa shape index (κ1) is 12.2. The molecule has 1 atom stereocenters. The molecule has 1 amide bonds. The summed E-state index contributed by atoms with van der Waals surface area (Å²) in [4.78, 5) is 20.0. The van der Waals surface area contributed by atoms with Crippen LogP contribution in [0.1, 0.15) is 34.8 Å². The van der Waals surface area contributed by atoms with Gasteiger partial charge in [-0.3, -0.25) is 4.79 Å². The molecule has 0 aliphatic heterocycles. The van der Waals surface area contributed by atoms with Gasteiger partial charge in [0.2, 0.25) is 0 Å². The predicted molar refractivity (Wildman–Crippen MR) is 69.1 cm³/mol. The maximum absolute atomic E-state index is 12.0. The molecule has 0 aliphatic rings. The van der Waals surface area contributed by atoms with E-state index in [1.165, 1.54) is 0 Å². The highest BCUT2D eigenvalue weighted by molar-refractivity contribution is 5.92. The van der Waals surface area contributed by atoms with Crippen LogP contribution in [-0.2, 0) is 0 Å². The standard InChI is InChI=1S/C14H15N3O/c1-10(12-6-4-3-5-7-12)16-14(18)13-8-9-15-11(2)17-13/h3-10H,1-2H3,(H,16,18). The normalized spacial score (nSPS) is 11.9. The lowest BCUT2D eigenvalue weighted by molar-refractivity contribution is 0.0934. The zero-order chi connectivity index (χ0) is 13.0. The first-order valence-electron chi connectivity index (χ1n) is 5.82. The average Bonchev–Trinajstić information content (AvgIpc) is 2.39. The SMILES string of the molecule is Cc1nccc(C(=O)NC(C)c2ccccc2)n1. The third-order valence-corrected chi connectivity index (χ3v) is 2.66. The second-order valence-electron chi connectivity index (χ2n) is 4.09. The number of benzene rings is 1. The number of amides is 1. The van der Waals surface area contributed by atoms with E-state index in [0.717, 1.165) is 5.56 Å². The molecule has 92 valence electrons. The lowest BCUT2D eigenvalue weighted by atomic mass is 10.1. The van der Waals surface area contributed by atoms with Crippen molar-refractivity contribution in [3.05, 3.63) is 59.7 Å². The number of rotatable bonds is 3. The van der Waals surface area contributed by atoms with Crippen LogP contribution in [0.2, 0.25) is 0 Å². The van der Waals surface area contributed by atoms with Gasteiger partial charge in [0.25, 0.3) is 5.91 Å². The van der Waals surface area contributed by atoms with Crippen molar-refractivity contribution in [1.82, 2.24) is 15.3 Å². The minimum atomic E-state index is -0.183. The third-order valence-electron chi connectivity index (χ3n) is 2.66. The zero-order valence-corrected chi connectivity index (χ0v) is 10.4. The van der Waals surface area contributed by atoms with Gasteiger partial charge >= 0.3 is 0 Å². The van der Waals surface area contributed by atoms with Crippen LogP contribution in [0.3, 0.4) is 0 Å². The molecule has 4 heteroatoms. The van der Waals surface area contributed by atoms with Crippen LogP contribution in [0, 0.1) is 6.92 Å². The number of hydrogen-bond acceptors (Lipinski definition) is 3. The second kappa shape index (κ2) is 5.40. The summed E-state index contributed by atoms with van der Waals surface area (Å²) >= 11 is 0. The van der Waals surface area contributed by atoms with Gasteiger partial charge < -0.3 is 5.32 Å². The molecule has 0 spiro atoms. The summed E-state index contributed by atoms with van der Waals surface area (Å²) in [5.74, 6) is 0.409. The summed E-state index contributed by atoms with van der Waals surface area (Å²) in [6.45, 7) is 3.71. The number of carbonyl (C=O) groups excluding carboxylic acids is 1. The Hall–Kier alpha value is -2.23. The van der Waals surface area contributed by atoms with E-state index in [9.17, 15) is 4.79 Å². The summed E-state index contributed by atoms with van der Waals surface area (Å²) in [5, 5.41) is 2.91.